The first-order valence-electron chi connectivity index (χ1n) is 5.41. The van der Waals surface area contributed by atoms with E-state index in [1.54, 1.807) is 24.3 Å². The van der Waals surface area contributed by atoms with E-state index >= 15 is 0 Å². The molecule has 1 rings (SSSR count). The van der Waals surface area contributed by atoms with Gasteiger partial charge < -0.3 is 10.4 Å². The van der Waals surface area contributed by atoms with Gasteiger partial charge in [-0.1, -0.05) is 13.3 Å². The molecule has 2 N–H and O–H groups in total. The number of phenols is 1. The van der Waals surface area contributed by atoms with Crippen LogP contribution in [0.5, 0.6) is 5.75 Å². The number of nitrogens with one attached hydrogen (secondary N) is 1. The van der Waals surface area contributed by atoms with Crippen molar-refractivity contribution in [2.75, 3.05) is 12.3 Å². The van der Waals surface area contributed by atoms with Gasteiger partial charge in [0.2, 0.25) is 5.91 Å². The smallest absolute Gasteiger partial charge is 0.230 e. The van der Waals surface area contributed by atoms with Gasteiger partial charge in [-0.2, -0.15) is 0 Å². The van der Waals surface area contributed by atoms with E-state index in [0.717, 1.165) is 24.3 Å². The maximum atomic E-state index is 11.4. The highest BCUT2D eigenvalue weighted by Crippen LogP contribution is 2.20. The Balaban J connectivity index is 2.23. The van der Waals surface area contributed by atoms with Crippen LogP contribution in [0.2, 0.25) is 0 Å². The van der Waals surface area contributed by atoms with Gasteiger partial charge in [0.15, 0.2) is 0 Å². The number of benzene rings is 1. The maximum absolute atomic E-state index is 11.4. The molecule has 4 heteroatoms. The number of aromatic hydroxyl groups is 1. The summed E-state index contributed by atoms with van der Waals surface area (Å²) in [6.07, 6.45) is 2.11. The summed E-state index contributed by atoms with van der Waals surface area (Å²) < 4.78 is 0. The van der Waals surface area contributed by atoms with E-state index in [1.807, 2.05) is 0 Å². The lowest BCUT2D eigenvalue weighted by atomic mass is 10.3. The molecule has 0 saturated heterocycles. The Bertz CT molecular complexity index is 324. The second-order valence-electron chi connectivity index (χ2n) is 3.49. The first-order valence-corrected chi connectivity index (χ1v) is 6.39. The third-order valence-electron chi connectivity index (χ3n) is 2.06. The number of unbranched alkanes of at least 4 members (excludes halogenated alkanes) is 1. The van der Waals surface area contributed by atoms with E-state index < -0.39 is 0 Å². The fourth-order valence-corrected chi connectivity index (χ4v) is 1.88. The van der Waals surface area contributed by atoms with Crippen LogP contribution in [-0.4, -0.2) is 23.3 Å². The van der Waals surface area contributed by atoms with Crippen LogP contribution in [0.4, 0.5) is 0 Å². The van der Waals surface area contributed by atoms with Gasteiger partial charge in [-0.25, -0.2) is 0 Å². The quantitative estimate of drug-likeness (QED) is 0.592. The highest BCUT2D eigenvalue weighted by molar-refractivity contribution is 8.00. The van der Waals surface area contributed by atoms with Crippen molar-refractivity contribution in [2.24, 2.45) is 0 Å². The number of amides is 1. The Labute approximate surface area is 100 Å². The summed E-state index contributed by atoms with van der Waals surface area (Å²) in [7, 11) is 0. The molecule has 3 nitrogen and oxygen atoms in total. The second-order valence-corrected chi connectivity index (χ2v) is 4.53. The van der Waals surface area contributed by atoms with Crippen LogP contribution in [-0.2, 0) is 4.79 Å². The number of hydrogen-bond acceptors (Lipinski definition) is 3. The highest BCUT2D eigenvalue weighted by Gasteiger charge is 2.01. The summed E-state index contributed by atoms with van der Waals surface area (Å²) in [4.78, 5) is 12.4. The van der Waals surface area contributed by atoms with Crippen molar-refractivity contribution in [3.63, 3.8) is 0 Å². The van der Waals surface area contributed by atoms with Crippen molar-refractivity contribution in [3.05, 3.63) is 24.3 Å². The lowest BCUT2D eigenvalue weighted by Gasteiger charge is -2.04. The Kier molecular flexibility index (Phi) is 5.78. The summed E-state index contributed by atoms with van der Waals surface area (Å²) in [5.74, 6) is 0.734. The Morgan fingerprint density at radius 3 is 2.69 bits per heavy atom. The van der Waals surface area contributed by atoms with Gasteiger partial charge >= 0.3 is 0 Å². The average molecular weight is 239 g/mol. The maximum Gasteiger partial charge on any atom is 0.230 e. The predicted octanol–water partition coefficient (Wildman–Crippen LogP) is 2.40. The SMILES string of the molecule is CCCCNC(=O)CSc1ccc(O)cc1. The molecule has 1 aromatic rings. The van der Waals surface area contributed by atoms with Gasteiger partial charge in [-0.05, 0) is 30.7 Å². The average Bonchev–Trinajstić information content (AvgIpc) is 2.29. The third-order valence-corrected chi connectivity index (χ3v) is 3.07. The predicted molar refractivity (Wildman–Crippen MR) is 66.7 cm³/mol. The zero-order valence-corrected chi connectivity index (χ0v) is 10.2. The van der Waals surface area contributed by atoms with E-state index in [1.165, 1.54) is 11.8 Å². The summed E-state index contributed by atoms with van der Waals surface area (Å²) in [6.45, 7) is 2.85. The van der Waals surface area contributed by atoms with E-state index in [0.29, 0.717) is 5.75 Å². The molecular formula is C12H17NO2S. The lowest BCUT2D eigenvalue weighted by molar-refractivity contribution is -0.118. The van der Waals surface area contributed by atoms with E-state index in [2.05, 4.69) is 12.2 Å². The number of hydrogen-bond donors (Lipinski definition) is 2. The van der Waals surface area contributed by atoms with Crippen molar-refractivity contribution >= 4 is 17.7 Å². The number of thioether (sulfide) groups is 1. The number of rotatable bonds is 6. The monoisotopic (exact) mass is 239 g/mol. The largest absolute Gasteiger partial charge is 0.508 e. The van der Waals surface area contributed by atoms with Gasteiger partial charge in [0, 0.05) is 11.4 Å². The Morgan fingerprint density at radius 2 is 2.06 bits per heavy atom. The molecule has 0 aliphatic heterocycles. The van der Waals surface area contributed by atoms with E-state index in [9.17, 15) is 4.79 Å². The second kappa shape index (κ2) is 7.17. The van der Waals surface area contributed by atoms with Crippen LogP contribution in [0.1, 0.15) is 19.8 Å². The molecule has 0 aliphatic rings. The third kappa shape index (κ3) is 5.07. The minimum Gasteiger partial charge on any atom is -0.508 e. The minimum absolute atomic E-state index is 0.0616. The molecule has 0 spiro atoms. The van der Waals surface area contributed by atoms with Crippen molar-refractivity contribution in [1.29, 1.82) is 0 Å². The lowest BCUT2D eigenvalue weighted by Crippen LogP contribution is -2.25. The Hall–Kier alpha value is -1.16. The molecule has 1 aromatic carbocycles. The summed E-state index contributed by atoms with van der Waals surface area (Å²) in [5.41, 5.74) is 0. The van der Waals surface area contributed by atoms with Gasteiger partial charge in [0.25, 0.3) is 0 Å². The van der Waals surface area contributed by atoms with Gasteiger partial charge in [0.05, 0.1) is 5.75 Å². The first kappa shape index (κ1) is 12.9. The fraction of sp³-hybridized carbons (Fsp3) is 0.417. The molecule has 0 aromatic heterocycles. The van der Waals surface area contributed by atoms with Crippen LogP contribution in [0.15, 0.2) is 29.2 Å². The Morgan fingerprint density at radius 1 is 1.38 bits per heavy atom. The summed E-state index contributed by atoms with van der Waals surface area (Å²) in [5, 5.41) is 11.9. The molecule has 16 heavy (non-hydrogen) atoms. The normalized spacial score (nSPS) is 10.1. The molecule has 0 bridgehead atoms. The van der Waals surface area contributed by atoms with Crippen molar-refractivity contribution < 1.29 is 9.90 Å². The molecule has 0 aliphatic carbocycles. The van der Waals surface area contributed by atoms with Crippen LogP contribution in [0.3, 0.4) is 0 Å². The molecule has 88 valence electrons. The number of carbonyl (C=O) groups is 1. The van der Waals surface area contributed by atoms with E-state index in [4.69, 9.17) is 5.11 Å². The van der Waals surface area contributed by atoms with Crippen LogP contribution >= 0.6 is 11.8 Å². The van der Waals surface area contributed by atoms with Gasteiger partial charge in [-0.15, -0.1) is 11.8 Å². The number of carbonyl (C=O) groups excluding carboxylic acids is 1. The summed E-state index contributed by atoms with van der Waals surface area (Å²) in [6, 6.07) is 6.85. The molecule has 0 saturated carbocycles. The van der Waals surface area contributed by atoms with Crippen LogP contribution < -0.4 is 5.32 Å². The number of phenolic OH excluding ortho intramolecular Hbond substituents is 1. The molecular weight excluding hydrogens is 222 g/mol. The highest BCUT2D eigenvalue weighted by atomic mass is 32.2. The first-order chi connectivity index (χ1) is 7.72. The molecule has 0 atom stereocenters. The van der Waals surface area contributed by atoms with Crippen LogP contribution in [0.25, 0.3) is 0 Å². The molecule has 0 radical (unpaired) electrons. The van der Waals surface area contributed by atoms with Crippen LogP contribution in [0, 0.1) is 0 Å². The van der Waals surface area contributed by atoms with E-state index in [-0.39, 0.29) is 11.7 Å². The van der Waals surface area contributed by atoms with Gasteiger partial charge in [0.1, 0.15) is 5.75 Å². The van der Waals surface area contributed by atoms with Crippen molar-refractivity contribution in [2.45, 2.75) is 24.7 Å². The molecule has 0 fully saturated rings. The molecule has 1 amide bonds. The fourth-order valence-electron chi connectivity index (χ4n) is 1.15. The molecule has 0 heterocycles. The summed E-state index contributed by atoms with van der Waals surface area (Å²) >= 11 is 1.47. The molecule has 0 unspecified atom stereocenters. The standard InChI is InChI=1S/C12H17NO2S/c1-2-3-8-13-12(15)9-16-11-6-4-10(14)5-7-11/h4-7,14H,2-3,8-9H2,1H3,(H,13,15). The minimum atomic E-state index is 0.0616. The zero-order chi connectivity index (χ0) is 11.8. The zero-order valence-electron chi connectivity index (χ0n) is 9.40. The van der Waals surface area contributed by atoms with Crippen molar-refractivity contribution in [1.82, 2.24) is 5.32 Å². The van der Waals surface area contributed by atoms with Crippen molar-refractivity contribution in [3.8, 4) is 5.75 Å². The topological polar surface area (TPSA) is 49.3 Å². The van der Waals surface area contributed by atoms with Gasteiger partial charge in [-0.3, -0.25) is 4.79 Å².